The summed E-state index contributed by atoms with van der Waals surface area (Å²) >= 11 is 4.59. The van der Waals surface area contributed by atoms with E-state index in [1.54, 1.807) is 24.3 Å². The maximum Gasteiger partial charge on any atom is 0.336 e. The van der Waals surface area contributed by atoms with E-state index in [2.05, 4.69) is 27.7 Å². The van der Waals surface area contributed by atoms with Gasteiger partial charge in [-0.25, -0.2) is 9.78 Å². The van der Waals surface area contributed by atoms with Crippen molar-refractivity contribution in [3.8, 4) is 0 Å². The van der Waals surface area contributed by atoms with Gasteiger partial charge in [0.15, 0.2) is 5.11 Å². The number of hydrazone groups is 1. The van der Waals surface area contributed by atoms with Crippen LogP contribution in [0.5, 0.6) is 0 Å². The lowest BCUT2D eigenvalue weighted by Gasteiger charge is -2.03. The summed E-state index contributed by atoms with van der Waals surface area (Å²) in [7, 11) is 0. The summed E-state index contributed by atoms with van der Waals surface area (Å²) in [4.78, 5) is 15.5. The first kappa shape index (κ1) is 12.9. The molecule has 0 saturated carbocycles. The van der Waals surface area contributed by atoms with Gasteiger partial charge in [0.2, 0.25) is 0 Å². The summed E-state index contributed by atoms with van der Waals surface area (Å²) in [5.74, 6) is -1.02. The van der Waals surface area contributed by atoms with E-state index in [0.29, 0.717) is 16.6 Å². The molecular weight excluding hydrogens is 264 g/mol. The minimum absolute atomic E-state index is 0.0236. The van der Waals surface area contributed by atoms with Gasteiger partial charge in [0.1, 0.15) is 0 Å². The number of nitrogens with one attached hydrogen (secondary N) is 1. The monoisotopic (exact) mass is 274 g/mol. The van der Waals surface area contributed by atoms with Gasteiger partial charge in [0, 0.05) is 5.39 Å². The Morgan fingerprint density at radius 3 is 2.89 bits per heavy atom. The van der Waals surface area contributed by atoms with Crippen molar-refractivity contribution in [2.75, 3.05) is 0 Å². The van der Waals surface area contributed by atoms with Crippen molar-refractivity contribution in [1.29, 1.82) is 0 Å². The molecule has 0 aliphatic rings. The van der Waals surface area contributed by atoms with Crippen LogP contribution in [0.25, 0.3) is 10.9 Å². The molecule has 0 fully saturated rings. The van der Waals surface area contributed by atoms with Crippen LogP contribution in [0.1, 0.15) is 16.1 Å². The number of carbonyl (C=O) groups is 1. The molecule has 0 spiro atoms. The summed E-state index contributed by atoms with van der Waals surface area (Å²) in [6, 6.07) is 8.43. The van der Waals surface area contributed by atoms with Gasteiger partial charge in [-0.3, -0.25) is 5.43 Å². The number of hydrogen-bond donors (Lipinski definition) is 3. The largest absolute Gasteiger partial charge is 0.478 e. The van der Waals surface area contributed by atoms with E-state index in [4.69, 9.17) is 5.73 Å². The number of thiocarbonyl (C=S) groups is 1. The second kappa shape index (κ2) is 5.40. The molecule has 0 amide bonds. The predicted octanol–water partition coefficient (Wildman–Crippen LogP) is 1.10. The van der Waals surface area contributed by atoms with Gasteiger partial charge in [-0.05, 0) is 24.4 Å². The maximum atomic E-state index is 11.2. The van der Waals surface area contributed by atoms with Gasteiger partial charge < -0.3 is 10.8 Å². The number of para-hydroxylation sites is 1. The fraction of sp³-hybridized carbons (Fsp3) is 0. The Morgan fingerprint density at radius 1 is 1.47 bits per heavy atom. The number of nitrogens with zero attached hydrogens (tertiary/aromatic N) is 2. The van der Waals surface area contributed by atoms with Crippen molar-refractivity contribution in [3.63, 3.8) is 0 Å². The van der Waals surface area contributed by atoms with Gasteiger partial charge in [-0.1, -0.05) is 18.2 Å². The fourth-order valence-corrected chi connectivity index (χ4v) is 1.65. The molecule has 0 aliphatic carbocycles. The molecule has 1 aromatic carbocycles. The first-order valence-corrected chi connectivity index (χ1v) is 5.70. The molecule has 4 N–H and O–H groups in total. The molecule has 7 heteroatoms. The standard InChI is InChI=1S/C12H10N4O2S/c13-12(19)16-14-6-7-5-9(11(17)18)8-3-1-2-4-10(8)15-7/h1-6H,(H,17,18)(H3,13,16,19)/b14-6-. The molecule has 0 atom stereocenters. The molecule has 1 aromatic heterocycles. The fourth-order valence-electron chi connectivity index (χ4n) is 1.60. The number of carboxylic acids is 1. The van der Waals surface area contributed by atoms with Gasteiger partial charge in [0.25, 0.3) is 0 Å². The zero-order chi connectivity index (χ0) is 13.8. The molecule has 0 bridgehead atoms. The Labute approximate surface area is 113 Å². The van der Waals surface area contributed by atoms with Crippen molar-refractivity contribution in [2.45, 2.75) is 0 Å². The second-order valence-corrected chi connectivity index (χ2v) is 4.09. The van der Waals surface area contributed by atoms with Crippen LogP contribution in [0.4, 0.5) is 0 Å². The number of fused-ring (bicyclic) bond motifs is 1. The summed E-state index contributed by atoms with van der Waals surface area (Å²) < 4.78 is 0. The van der Waals surface area contributed by atoms with E-state index in [-0.39, 0.29) is 10.7 Å². The quantitative estimate of drug-likeness (QED) is 0.440. The molecular formula is C12H10N4O2S. The highest BCUT2D eigenvalue weighted by molar-refractivity contribution is 7.80. The Balaban J connectivity index is 2.49. The maximum absolute atomic E-state index is 11.2. The van der Waals surface area contributed by atoms with E-state index in [0.717, 1.165) is 0 Å². The molecule has 0 radical (unpaired) electrons. The minimum Gasteiger partial charge on any atom is -0.478 e. The number of pyridine rings is 1. The van der Waals surface area contributed by atoms with Crippen LogP contribution in [0.2, 0.25) is 0 Å². The average Bonchev–Trinajstić information content (AvgIpc) is 2.37. The van der Waals surface area contributed by atoms with Crippen LogP contribution in [-0.2, 0) is 0 Å². The molecule has 0 unspecified atom stereocenters. The summed E-state index contributed by atoms with van der Waals surface area (Å²) in [5, 5.41) is 13.5. The highest BCUT2D eigenvalue weighted by atomic mass is 32.1. The third-order valence-electron chi connectivity index (χ3n) is 2.34. The molecule has 1 heterocycles. The minimum atomic E-state index is -1.02. The third kappa shape index (κ3) is 3.02. The van der Waals surface area contributed by atoms with Gasteiger partial charge in [-0.2, -0.15) is 5.10 Å². The van der Waals surface area contributed by atoms with Crippen molar-refractivity contribution in [1.82, 2.24) is 10.4 Å². The topological polar surface area (TPSA) is 101 Å². The molecule has 19 heavy (non-hydrogen) atoms. The van der Waals surface area contributed by atoms with Crippen molar-refractivity contribution < 1.29 is 9.90 Å². The number of aromatic nitrogens is 1. The molecule has 0 aliphatic heterocycles. The van der Waals surface area contributed by atoms with Crippen molar-refractivity contribution >= 4 is 40.4 Å². The predicted molar refractivity (Wildman–Crippen MR) is 76.2 cm³/mol. The Kier molecular flexibility index (Phi) is 3.67. The lowest BCUT2D eigenvalue weighted by atomic mass is 10.1. The first-order chi connectivity index (χ1) is 9.08. The van der Waals surface area contributed by atoms with Crippen LogP contribution in [0.3, 0.4) is 0 Å². The normalized spacial score (nSPS) is 10.7. The van der Waals surface area contributed by atoms with Crippen LogP contribution < -0.4 is 11.2 Å². The Hall–Kier alpha value is -2.54. The average molecular weight is 274 g/mol. The van der Waals surface area contributed by atoms with Crippen LogP contribution in [-0.4, -0.2) is 27.4 Å². The zero-order valence-corrected chi connectivity index (χ0v) is 10.5. The first-order valence-electron chi connectivity index (χ1n) is 5.29. The molecule has 0 saturated heterocycles. The molecule has 6 nitrogen and oxygen atoms in total. The van der Waals surface area contributed by atoms with Crippen LogP contribution in [0.15, 0.2) is 35.4 Å². The highest BCUT2D eigenvalue weighted by Gasteiger charge is 2.10. The molecule has 2 aromatic rings. The number of benzene rings is 1. The SMILES string of the molecule is NC(=S)N/N=C\c1cc(C(=O)O)c2ccccc2n1. The van der Waals surface area contributed by atoms with E-state index < -0.39 is 5.97 Å². The third-order valence-corrected chi connectivity index (χ3v) is 2.43. The molecule has 2 rings (SSSR count). The van der Waals surface area contributed by atoms with E-state index >= 15 is 0 Å². The summed E-state index contributed by atoms with van der Waals surface area (Å²) in [5.41, 5.74) is 8.75. The molecule has 96 valence electrons. The number of carboxylic acid groups (broad SMARTS) is 1. The van der Waals surface area contributed by atoms with E-state index in [1.165, 1.54) is 12.3 Å². The van der Waals surface area contributed by atoms with Gasteiger partial charge in [0.05, 0.1) is 23.0 Å². The Bertz CT molecular complexity index is 684. The van der Waals surface area contributed by atoms with Crippen molar-refractivity contribution in [2.24, 2.45) is 10.8 Å². The van der Waals surface area contributed by atoms with Crippen molar-refractivity contribution in [3.05, 3.63) is 41.6 Å². The van der Waals surface area contributed by atoms with E-state index in [1.807, 2.05) is 0 Å². The number of nitrogens with two attached hydrogens (primary N) is 1. The second-order valence-electron chi connectivity index (χ2n) is 3.65. The van der Waals surface area contributed by atoms with Gasteiger partial charge in [-0.15, -0.1) is 0 Å². The van der Waals surface area contributed by atoms with Crippen LogP contribution in [0, 0.1) is 0 Å². The summed E-state index contributed by atoms with van der Waals surface area (Å²) in [6.45, 7) is 0. The summed E-state index contributed by atoms with van der Waals surface area (Å²) in [6.07, 6.45) is 1.36. The number of rotatable bonds is 3. The van der Waals surface area contributed by atoms with Crippen LogP contribution >= 0.6 is 12.2 Å². The lowest BCUT2D eigenvalue weighted by Crippen LogP contribution is -2.24. The zero-order valence-electron chi connectivity index (χ0n) is 9.70. The highest BCUT2D eigenvalue weighted by Crippen LogP contribution is 2.17. The van der Waals surface area contributed by atoms with Gasteiger partial charge >= 0.3 is 5.97 Å². The van der Waals surface area contributed by atoms with E-state index in [9.17, 15) is 9.90 Å². The lowest BCUT2D eigenvalue weighted by molar-refractivity contribution is 0.0699. The smallest absolute Gasteiger partial charge is 0.336 e. The number of hydrogen-bond acceptors (Lipinski definition) is 4. The number of aromatic carboxylic acids is 1. The Morgan fingerprint density at radius 2 is 2.21 bits per heavy atom.